The average Bonchev–Trinajstić information content (AvgIpc) is 2.94. The van der Waals surface area contributed by atoms with Crippen LogP contribution in [0, 0.1) is 6.92 Å². The van der Waals surface area contributed by atoms with E-state index in [0.29, 0.717) is 0 Å². The predicted octanol–water partition coefficient (Wildman–Crippen LogP) is 4.34. The van der Waals surface area contributed by atoms with Crippen LogP contribution in [0.5, 0.6) is 0 Å². The van der Waals surface area contributed by atoms with Crippen LogP contribution in [-0.2, 0) is 0 Å². The lowest BCUT2D eigenvalue weighted by Crippen LogP contribution is -1.89. The molecule has 18 heavy (non-hydrogen) atoms. The Morgan fingerprint density at radius 2 is 1.72 bits per heavy atom. The first-order valence-electron chi connectivity index (χ1n) is 6.20. The van der Waals surface area contributed by atoms with E-state index in [1.807, 2.05) is 12.3 Å². The summed E-state index contributed by atoms with van der Waals surface area (Å²) >= 11 is 0. The van der Waals surface area contributed by atoms with E-state index in [4.69, 9.17) is 0 Å². The van der Waals surface area contributed by atoms with E-state index in [-0.39, 0.29) is 6.04 Å². The van der Waals surface area contributed by atoms with Gasteiger partial charge in [-0.25, -0.2) is 0 Å². The van der Waals surface area contributed by atoms with Gasteiger partial charge in [-0.3, -0.25) is 4.99 Å². The third-order valence-electron chi connectivity index (χ3n) is 3.33. The zero-order chi connectivity index (χ0) is 12.4. The third-order valence-corrected chi connectivity index (χ3v) is 3.33. The molecule has 2 aromatic rings. The van der Waals surface area contributed by atoms with E-state index >= 15 is 0 Å². The Labute approximate surface area is 108 Å². The molecule has 0 N–H and O–H groups in total. The number of allylic oxidation sites excluding steroid dienone is 1. The van der Waals surface area contributed by atoms with Crippen LogP contribution in [-0.4, -0.2) is 6.21 Å². The summed E-state index contributed by atoms with van der Waals surface area (Å²) in [4.78, 5) is 4.39. The lowest BCUT2D eigenvalue weighted by molar-refractivity contribution is 0.936. The first-order valence-corrected chi connectivity index (χ1v) is 6.20. The zero-order valence-electron chi connectivity index (χ0n) is 10.4. The SMILES string of the molecule is Cc1ccccc1-c1ccc(C2C=CC=N2)cc1. The second kappa shape index (κ2) is 4.61. The van der Waals surface area contributed by atoms with Gasteiger partial charge in [0, 0.05) is 6.21 Å². The van der Waals surface area contributed by atoms with Crippen molar-refractivity contribution in [3.05, 3.63) is 71.8 Å². The number of hydrogen-bond acceptors (Lipinski definition) is 1. The fourth-order valence-electron chi connectivity index (χ4n) is 2.30. The molecule has 3 rings (SSSR count). The highest BCUT2D eigenvalue weighted by molar-refractivity contribution is 5.74. The smallest absolute Gasteiger partial charge is 0.0933 e. The van der Waals surface area contributed by atoms with Gasteiger partial charge in [-0.15, -0.1) is 0 Å². The van der Waals surface area contributed by atoms with Crippen LogP contribution in [0.2, 0.25) is 0 Å². The summed E-state index contributed by atoms with van der Waals surface area (Å²) in [6.45, 7) is 2.15. The Balaban J connectivity index is 1.94. The molecule has 1 unspecified atom stereocenters. The zero-order valence-corrected chi connectivity index (χ0v) is 10.4. The number of benzene rings is 2. The summed E-state index contributed by atoms with van der Waals surface area (Å²) < 4.78 is 0. The molecule has 2 aromatic carbocycles. The van der Waals surface area contributed by atoms with Crippen LogP contribution in [0.1, 0.15) is 17.2 Å². The van der Waals surface area contributed by atoms with E-state index in [9.17, 15) is 0 Å². The minimum atomic E-state index is 0.205. The van der Waals surface area contributed by atoms with Gasteiger partial charge in [0.2, 0.25) is 0 Å². The lowest BCUT2D eigenvalue weighted by atomic mass is 9.98. The molecule has 1 heteroatoms. The predicted molar refractivity (Wildman–Crippen MR) is 77.0 cm³/mol. The summed E-state index contributed by atoms with van der Waals surface area (Å²) in [5.41, 5.74) is 5.12. The van der Waals surface area contributed by atoms with Crippen LogP contribution >= 0.6 is 0 Å². The number of rotatable bonds is 2. The van der Waals surface area contributed by atoms with Gasteiger partial charge in [0.05, 0.1) is 6.04 Å². The number of aliphatic imine (C=N–C) groups is 1. The number of nitrogens with zero attached hydrogens (tertiary/aromatic N) is 1. The largest absolute Gasteiger partial charge is 0.281 e. The Bertz CT molecular complexity index is 594. The van der Waals surface area contributed by atoms with Crippen molar-refractivity contribution in [3.8, 4) is 11.1 Å². The standard InChI is InChI=1S/C17H15N/c1-13-5-2-3-6-16(13)14-8-10-15(11-9-14)17-7-4-12-18-17/h2-12,17H,1H3. The van der Waals surface area contributed by atoms with Crippen molar-refractivity contribution >= 4 is 6.21 Å². The highest BCUT2D eigenvalue weighted by Crippen LogP contribution is 2.27. The molecule has 1 nitrogen and oxygen atoms in total. The maximum atomic E-state index is 4.39. The Kier molecular flexibility index (Phi) is 2.81. The molecular weight excluding hydrogens is 218 g/mol. The van der Waals surface area contributed by atoms with Crippen molar-refractivity contribution in [2.45, 2.75) is 13.0 Å². The number of hydrogen-bond donors (Lipinski definition) is 0. The summed E-state index contributed by atoms with van der Waals surface area (Å²) in [5, 5.41) is 0. The molecule has 0 amide bonds. The Morgan fingerprint density at radius 3 is 2.39 bits per heavy atom. The van der Waals surface area contributed by atoms with Gasteiger partial charge < -0.3 is 0 Å². The van der Waals surface area contributed by atoms with Gasteiger partial charge in [-0.2, -0.15) is 0 Å². The van der Waals surface area contributed by atoms with Crippen LogP contribution in [0.3, 0.4) is 0 Å². The molecule has 1 aliphatic rings. The summed E-state index contributed by atoms with van der Waals surface area (Å²) in [6.07, 6.45) is 5.97. The average molecular weight is 233 g/mol. The van der Waals surface area contributed by atoms with Crippen molar-refractivity contribution in [1.29, 1.82) is 0 Å². The fraction of sp³-hybridized carbons (Fsp3) is 0.118. The summed E-state index contributed by atoms with van der Waals surface area (Å²) in [6, 6.07) is 17.4. The monoisotopic (exact) mass is 233 g/mol. The molecule has 1 aliphatic heterocycles. The fourth-order valence-corrected chi connectivity index (χ4v) is 2.30. The van der Waals surface area contributed by atoms with Gasteiger partial charge in [-0.1, -0.05) is 54.6 Å². The van der Waals surface area contributed by atoms with Crippen LogP contribution in [0.15, 0.2) is 65.7 Å². The minimum absolute atomic E-state index is 0.205. The topological polar surface area (TPSA) is 12.4 Å². The molecule has 1 heterocycles. The quantitative estimate of drug-likeness (QED) is 0.731. The van der Waals surface area contributed by atoms with Crippen molar-refractivity contribution in [3.63, 3.8) is 0 Å². The molecule has 0 aromatic heterocycles. The lowest BCUT2D eigenvalue weighted by Gasteiger charge is -2.09. The summed E-state index contributed by atoms with van der Waals surface area (Å²) in [7, 11) is 0. The molecule has 0 aliphatic carbocycles. The van der Waals surface area contributed by atoms with E-state index in [1.54, 1.807) is 0 Å². The van der Waals surface area contributed by atoms with Gasteiger partial charge in [0.25, 0.3) is 0 Å². The van der Waals surface area contributed by atoms with Crippen LogP contribution in [0.4, 0.5) is 0 Å². The maximum absolute atomic E-state index is 4.39. The van der Waals surface area contributed by atoms with E-state index in [2.05, 4.69) is 66.5 Å². The first kappa shape index (κ1) is 11.0. The van der Waals surface area contributed by atoms with E-state index in [1.165, 1.54) is 22.3 Å². The van der Waals surface area contributed by atoms with Crippen molar-refractivity contribution in [1.82, 2.24) is 0 Å². The van der Waals surface area contributed by atoms with Gasteiger partial charge in [0.1, 0.15) is 0 Å². The molecule has 0 bridgehead atoms. The second-order valence-corrected chi connectivity index (χ2v) is 4.56. The Hall–Kier alpha value is -2.15. The molecule has 0 radical (unpaired) electrons. The van der Waals surface area contributed by atoms with E-state index < -0.39 is 0 Å². The first-order chi connectivity index (χ1) is 8.84. The molecule has 0 saturated carbocycles. The molecule has 0 fully saturated rings. The summed E-state index contributed by atoms with van der Waals surface area (Å²) in [5.74, 6) is 0. The van der Waals surface area contributed by atoms with Crippen molar-refractivity contribution in [2.24, 2.45) is 4.99 Å². The van der Waals surface area contributed by atoms with Gasteiger partial charge in [0.15, 0.2) is 0 Å². The maximum Gasteiger partial charge on any atom is 0.0933 e. The minimum Gasteiger partial charge on any atom is -0.281 e. The van der Waals surface area contributed by atoms with Crippen LogP contribution in [0.25, 0.3) is 11.1 Å². The molecule has 0 spiro atoms. The molecule has 1 atom stereocenters. The highest BCUT2D eigenvalue weighted by atomic mass is 14.8. The van der Waals surface area contributed by atoms with Crippen LogP contribution < -0.4 is 0 Å². The van der Waals surface area contributed by atoms with Gasteiger partial charge >= 0.3 is 0 Å². The van der Waals surface area contributed by atoms with Crippen molar-refractivity contribution in [2.75, 3.05) is 0 Å². The normalized spacial score (nSPS) is 17.3. The van der Waals surface area contributed by atoms with Crippen molar-refractivity contribution < 1.29 is 0 Å². The number of aryl methyl sites for hydroxylation is 1. The van der Waals surface area contributed by atoms with Gasteiger partial charge in [-0.05, 0) is 35.3 Å². The Morgan fingerprint density at radius 1 is 0.944 bits per heavy atom. The van der Waals surface area contributed by atoms with E-state index in [0.717, 1.165) is 0 Å². The highest BCUT2D eigenvalue weighted by Gasteiger charge is 2.08. The third kappa shape index (κ3) is 2.00. The molecular formula is C17H15N. The molecule has 88 valence electrons. The molecule has 0 saturated heterocycles. The second-order valence-electron chi connectivity index (χ2n) is 4.56.